The molecule has 1 saturated carbocycles. The third-order valence-corrected chi connectivity index (χ3v) is 2.69. The topological polar surface area (TPSA) is 35.2 Å². The molecule has 0 heterocycles. The molecule has 0 unspecified atom stereocenters. The lowest BCUT2D eigenvalue weighted by atomic mass is 10.0. The van der Waals surface area contributed by atoms with Gasteiger partial charge in [0, 0.05) is 11.6 Å². The third kappa shape index (κ3) is 1.73. The summed E-state index contributed by atoms with van der Waals surface area (Å²) in [5, 5.41) is 0. The van der Waals surface area contributed by atoms with Crippen LogP contribution in [0.25, 0.3) is 0 Å². The SMILES string of the molecule is COc1ccc(F)c([C@@H](N)C2CC2)c1. The molecule has 0 spiro atoms. The molecule has 0 amide bonds. The fourth-order valence-corrected chi connectivity index (χ4v) is 1.61. The van der Waals surface area contributed by atoms with E-state index < -0.39 is 0 Å². The molecular weight excluding hydrogens is 181 g/mol. The molecule has 0 saturated heterocycles. The van der Waals surface area contributed by atoms with Gasteiger partial charge in [-0.2, -0.15) is 0 Å². The minimum atomic E-state index is -0.231. The monoisotopic (exact) mass is 195 g/mol. The van der Waals surface area contributed by atoms with E-state index in [1.165, 1.54) is 6.07 Å². The second-order valence-electron chi connectivity index (χ2n) is 3.75. The van der Waals surface area contributed by atoms with E-state index in [-0.39, 0.29) is 11.9 Å². The summed E-state index contributed by atoms with van der Waals surface area (Å²) in [4.78, 5) is 0. The highest BCUT2D eigenvalue weighted by atomic mass is 19.1. The van der Waals surface area contributed by atoms with Crippen LogP contribution < -0.4 is 10.5 Å². The Morgan fingerprint density at radius 3 is 2.79 bits per heavy atom. The first-order valence-corrected chi connectivity index (χ1v) is 4.81. The van der Waals surface area contributed by atoms with Crippen LogP contribution in [-0.2, 0) is 0 Å². The summed E-state index contributed by atoms with van der Waals surface area (Å²) in [6.45, 7) is 0. The second kappa shape index (κ2) is 3.58. The van der Waals surface area contributed by atoms with E-state index in [0.717, 1.165) is 12.8 Å². The number of rotatable bonds is 3. The molecule has 2 N–H and O–H groups in total. The van der Waals surface area contributed by atoms with Crippen molar-refractivity contribution in [1.29, 1.82) is 0 Å². The normalized spacial score (nSPS) is 17.9. The van der Waals surface area contributed by atoms with E-state index in [0.29, 0.717) is 17.2 Å². The Morgan fingerprint density at radius 2 is 2.21 bits per heavy atom. The van der Waals surface area contributed by atoms with E-state index in [1.807, 2.05) is 0 Å². The summed E-state index contributed by atoms with van der Waals surface area (Å²) in [5.74, 6) is 0.888. The van der Waals surface area contributed by atoms with Crippen LogP contribution in [0.2, 0.25) is 0 Å². The average molecular weight is 195 g/mol. The van der Waals surface area contributed by atoms with Crippen molar-refractivity contribution in [3.8, 4) is 5.75 Å². The van der Waals surface area contributed by atoms with Gasteiger partial charge in [-0.1, -0.05) is 0 Å². The van der Waals surface area contributed by atoms with Crippen LogP contribution in [0, 0.1) is 11.7 Å². The number of nitrogens with two attached hydrogens (primary N) is 1. The number of hydrogen-bond donors (Lipinski definition) is 1. The van der Waals surface area contributed by atoms with Gasteiger partial charge in [0.2, 0.25) is 0 Å². The van der Waals surface area contributed by atoms with E-state index in [9.17, 15) is 4.39 Å². The molecule has 0 aliphatic heterocycles. The van der Waals surface area contributed by atoms with Crippen molar-refractivity contribution in [3.05, 3.63) is 29.6 Å². The predicted octanol–water partition coefficient (Wildman–Crippen LogP) is 2.24. The molecule has 1 atom stereocenters. The van der Waals surface area contributed by atoms with Crippen molar-refractivity contribution in [3.63, 3.8) is 0 Å². The molecule has 1 aliphatic rings. The van der Waals surface area contributed by atoms with Gasteiger partial charge in [-0.15, -0.1) is 0 Å². The zero-order chi connectivity index (χ0) is 10.1. The number of hydrogen-bond acceptors (Lipinski definition) is 2. The lowest BCUT2D eigenvalue weighted by Crippen LogP contribution is -2.14. The zero-order valence-electron chi connectivity index (χ0n) is 8.16. The molecule has 1 fully saturated rings. The van der Waals surface area contributed by atoms with Crippen LogP contribution in [0.3, 0.4) is 0 Å². The van der Waals surface area contributed by atoms with Crippen LogP contribution in [0.1, 0.15) is 24.4 Å². The van der Waals surface area contributed by atoms with Gasteiger partial charge in [0.15, 0.2) is 0 Å². The van der Waals surface area contributed by atoms with E-state index >= 15 is 0 Å². The van der Waals surface area contributed by atoms with E-state index in [1.54, 1.807) is 19.2 Å². The van der Waals surface area contributed by atoms with Crippen LogP contribution in [0.4, 0.5) is 4.39 Å². The van der Waals surface area contributed by atoms with Crippen molar-refractivity contribution < 1.29 is 9.13 Å². The molecule has 1 aromatic carbocycles. The van der Waals surface area contributed by atoms with Crippen LogP contribution >= 0.6 is 0 Å². The molecule has 2 rings (SSSR count). The second-order valence-corrected chi connectivity index (χ2v) is 3.75. The lowest BCUT2D eigenvalue weighted by molar-refractivity contribution is 0.411. The Hall–Kier alpha value is -1.09. The molecule has 1 aromatic rings. The van der Waals surface area contributed by atoms with E-state index in [4.69, 9.17) is 10.5 Å². The van der Waals surface area contributed by atoms with Crippen molar-refractivity contribution in [2.75, 3.05) is 7.11 Å². The maximum Gasteiger partial charge on any atom is 0.128 e. The Labute approximate surface area is 82.9 Å². The van der Waals surface area contributed by atoms with Gasteiger partial charge in [-0.25, -0.2) is 4.39 Å². The Morgan fingerprint density at radius 1 is 1.50 bits per heavy atom. The molecule has 76 valence electrons. The number of methoxy groups -OCH3 is 1. The van der Waals surface area contributed by atoms with Crippen LogP contribution in [-0.4, -0.2) is 7.11 Å². The molecule has 14 heavy (non-hydrogen) atoms. The van der Waals surface area contributed by atoms with Crippen molar-refractivity contribution >= 4 is 0 Å². The fraction of sp³-hybridized carbons (Fsp3) is 0.455. The zero-order valence-corrected chi connectivity index (χ0v) is 8.16. The third-order valence-electron chi connectivity index (χ3n) is 2.69. The molecule has 0 aromatic heterocycles. The summed E-state index contributed by atoms with van der Waals surface area (Å²) in [6, 6.07) is 4.54. The molecule has 1 aliphatic carbocycles. The van der Waals surface area contributed by atoms with Crippen molar-refractivity contribution in [2.24, 2.45) is 11.7 Å². The molecule has 0 radical (unpaired) electrons. The predicted molar refractivity (Wildman–Crippen MR) is 52.6 cm³/mol. The summed E-state index contributed by atoms with van der Waals surface area (Å²) < 4.78 is 18.4. The van der Waals surface area contributed by atoms with Gasteiger partial charge in [0.25, 0.3) is 0 Å². The summed E-state index contributed by atoms with van der Waals surface area (Å²) in [6.07, 6.45) is 2.22. The highest BCUT2D eigenvalue weighted by Crippen LogP contribution is 2.40. The van der Waals surface area contributed by atoms with Crippen molar-refractivity contribution in [1.82, 2.24) is 0 Å². The Balaban J connectivity index is 2.29. The maximum atomic E-state index is 13.4. The van der Waals surface area contributed by atoms with Gasteiger partial charge in [0.1, 0.15) is 11.6 Å². The summed E-state index contributed by atoms with van der Waals surface area (Å²) >= 11 is 0. The largest absolute Gasteiger partial charge is 0.497 e. The highest BCUT2D eigenvalue weighted by molar-refractivity contribution is 5.32. The number of ether oxygens (including phenoxy) is 1. The van der Waals surface area contributed by atoms with Gasteiger partial charge < -0.3 is 10.5 Å². The molecule has 0 bridgehead atoms. The quantitative estimate of drug-likeness (QED) is 0.802. The Kier molecular flexibility index (Phi) is 2.42. The smallest absolute Gasteiger partial charge is 0.128 e. The number of benzene rings is 1. The minimum Gasteiger partial charge on any atom is -0.497 e. The van der Waals surface area contributed by atoms with Crippen LogP contribution in [0.15, 0.2) is 18.2 Å². The van der Waals surface area contributed by atoms with Gasteiger partial charge in [-0.05, 0) is 37.0 Å². The van der Waals surface area contributed by atoms with Crippen LogP contribution in [0.5, 0.6) is 5.75 Å². The first-order valence-electron chi connectivity index (χ1n) is 4.81. The minimum absolute atomic E-state index is 0.176. The van der Waals surface area contributed by atoms with Gasteiger partial charge >= 0.3 is 0 Å². The Bertz CT molecular complexity index is 336. The molecule has 3 heteroatoms. The standard InChI is InChI=1S/C11H14FNO/c1-14-8-4-5-10(12)9(6-8)11(13)7-2-3-7/h4-7,11H,2-3,13H2,1H3/t11-/m0/s1. The molecule has 2 nitrogen and oxygen atoms in total. The first-order chi connectivity index (χ1) is 6.72. The maximum absolute atomic E-state index is 13.4. The van der Waals surface area contributed by atoms with Gasteiger partial charge in [0.05, 0.1) is 7.11 Å². The average Bonchev–Trinajstić information content (AvgIpc) is 3.01. The van der Waals surface area contributed by atoms with E-state index in [2.05, 4.69) is 0 Å². The lowest BCUT2D eigenvalue weighted by Gasteiger charge is -2.12. The first kappa shape index (κ1) is 9.46. The fourth-order valence-electron chi connectivity index (χ4n) is 1.61. The summed E-state index contributed by atoms with van der Waals surface area (Å²) in [7, 11) is 1.57. The number of halogens is 1. The molecular formula is C11H14FNO. The summed E-state index contributed by atoms with van der Waals surface area (Å²) in [5.41, 5.74) is 6.50. The van der Waals surface area contributed by atoms with Gasteiger partial charge in [-0.3, -0.25) is 0 Å². The van der Waals surface area contributed by atoms with Crippen molar-refractivity contribution in [2.45, 2.75) is 18.9 Å². The highest BCUT2D eigenvalue weighted by Gasteiger charge is 2.31.